The Morgan fingerprint density at radius 2 is 2.04 bits per heavy atom. The van der Waals surface area contributed by atoms with Crippen LogP contribution in [-0.4, -0.2) is 54.2 Å². The van der Waals surface area contributed by atoms with Crippen molar-refractivity contribution in [2.24, 2.45) is 5.92 Å². The van der Waals surface area contributed by atoms with E-state index in [0.29, 0.717) is 0 Å². The number of hydrogen-bond donors (Lipinski definition) is 1. The third-order valence-electron chi connectivity index (χ3n) is 4.45. The van der Waals surface area contributed by atoms with Gasteiger partial charge in [0.1, 0.15) is 0 Å². The van der Waals surface area contributed by atoms with Crippen molar-refractivity contribution >= 4 is 17.6 Å². The quantitative estimate of drug-likeness (QED) is 0.907. The summed E-state index contributed by atoms with van der Waals surface area (Å²) in [5.74, 6) is -1.62. The molecular weight excluding hydrogens is 296 g/mol. The van der Waals surface area contributed by atoms with Crippen LogP contribution in [0.25, 0.3) is 0 Å². The van der Waals surface area contributed by atoms with Crippen LogP contribution in [0.3, 0.4) is 0 Å². The Hall–Kier alpha value is -1.92. The largest absolute Gasteiger partial charge is 0.481 e. The molecule has 2 heterocycles. The Balaban J connectivity index is 1.63. The summed E-state index contributed by atoms with van der Waals surface area (Å²) in [6, 6.07) is 7.83. The van der Waals surface area contributed by atoms with Gasteiger partial charge in [0.2, 0.25) is 5.91 Å². The zero-order valence-corrected chi connectivity index (χ0v) is 13.3. The molecule has 2 atom stereocenters. The van der Waals surface area contributed by atoms with Crippen molar-refractivity contribution in [2.75, 3.05) is 31.1 Å². The molecule has 1 amide bonds. The van der Waals surface area contributed by atoms with E-state index in [1.807, 2.05) is 24.3 Å². The molecule has 0 bridgehead atoms. The van der Waals surface area contributed by atoms with Gasteiger partial charge in [0.15, 0.2) is 0 Å². The van der Waals surface area contributed by atoms with Gasteiger partial charge in [-0.3, -0.25) is 14.5 Å². The predicted octanol–water partition coefficient (Wildman–Crippen LogP) is 1.34. The van der Waals surface area contributed by atoms with Gasteiger partial charge in [-0.2, -0.15) is 0 Å². The van der Waals surface area contributed by atoms with Gasteiger partial charge in [-0.15, -0.1) is 0 Å². The first-order valence-electron chi connectivity index (χ1n) is 7.99. The van der Waals surface area contributed by atoms with Crippen LogP contribution in [-0.2, 0) is 20.9 Å². The Morgan fingerprint density at radius 1 is 1.30 bits per heavy atom. The van der Waals surface area contributed by atoms with E-state index in [9.17, 15) is 9.59 Å². The summed E-state index contributed by atoms with van der Waals surface area (Å²) < 4.78 is 5.54. The number of hydrogen-bond acceptors (Lipinski definition) is 4. The summed E-state index contributed by atoms with van der Waals surface area (Å²) in [7, 11) is 0. The van der Waals surface area contributed by atoms with Crippen LogP contribution in [0, 0.1) is 5.92 Å². The lowest BCUT2D eigenvalue weighted by molar-refractivity contribution is -0.141. The highest BCUT2D eigenvalue weighted by molar-refractivity contribution is 5.99. The van der Waals surface area contributed by atoms with E-state index in [1.165, 1.54) is 5.56 Å². The van der Waals surface area contributed by atoms with Crippen LogP contribution in [0.15, 0.2) is 24.3 Å². The van der Waals surface area contributed by atoms with Gasteiger partial charge in [-0.1, -0.05) is 12.1 Å². The average Bonchev–Trinajstić information content (AvgIpc) is 2.90. The number of aliphatic carboxylic acids is 1. The number of carbonyl (C=O) groups excluding carboxylic acids is 1. The zero-order chi connectivity index (χ0) is 16.4. The molecule has 1 aromatic rings. The van der Waals surface area contributed by atoms with E-state index < -0.39 is 11.9 Å². The Labute approximate surface area is 135 Å². The second-order valence-corrected chi connectivity index (χ2v) is 6.33. The number of nitrogens with zero attached hydrogens (tertiary/aromatic N) is 2. The van der Waals surface area contributed by atoms with E-state index in [-0.39, 0.29) is 25.0 Å². The molecule has 3 rings (SSSR count). The molecule has 1 aromatic carbocycles. The lowest BCUT2D eigenvalue weighted by Gasteiger charge is -2.31. The van der Waals surface area contributed by atoms with Gasteiger partial charge in [-0.05, 0) is 24.6 Å². The predicted molar refractivity (Wildman–Crippen MR) is 85.2 cm³/mol. The molecule has 6 nitrogen and oxygen atoms in total. The van der Waals surface area contributed by atoms with Crippen molar-refractivity contribution in [2.45, 2.75) is 26.0 Å². The average molecular weight is 318 g/mol. The fourth-order valence-electron chi connectivity index (χ4n) is 3.20. The normalized spacial score (nSPS) is 25.8. The van der Waals surface area contributed by atoms with E-state index in [0.717, 1.165) is 31.9 Å². The van der Waals surface area contributed by atoms with Crippen LogP contribution >= 0.6 is 0 Å². The molecule has 2 fully saturated rings. The number of carboxylic acid groups (broad SMARTS) is 1. The van der Waals surface area contributed by atoms with Crippen LogP contribution in [0.2, 0.25) is 0 Å². The SMILES string of the molecule is C[C@H]1CN(Cc2ccc(N3CC(C(=O)O)CC3=O)cc2)CCO1. The zero-order valence-electron chi connectivity index (χ0n) is 13.3. The highest BCUT2D eigenvalue weighted by Gasteiger charge is 2.34. The molecule has 6 heteroatoms. The highest BCUT2D eigenvalue weighted by atomic mass is 16.5. The molecule has 0 radical (unpaired) electrons. The van der Waals surface area contributed by atoms with Crippen LogP contribution in [0.4, 0.5) is 5.69 Å². The number of ether oxygens (including phenoxy) is 1. The number of carbonyl (C=O) groups is 2. The Morgan fingerprint density at radius 3 is 2.65 bits per heavy atom. The van der Waals surface area contributed by atoms with Crippen molar-refractivity contribution in [3.63, 3.8) is 0 Å². The maximum Gasteiger partial charge on any atom is 0.308 e. The summed E-state index contributed by atoms with van der Waals surface area (Å²) >= 11 is 0. The number of rotatable bonds is 4. The first-order valence-corrected chi connectivity index (χ1v) is 7.99. The van der Waals surface area contributed by atoms with Crippen molar-refractivity contribution < 1.29 is 19.4 Å². The summed E-state index contributed by atoms with van der Waals surface area (Å²) in [4.78, 5) is 26.9. The minimum absolute atomic E-state index is 0.0861. The molecule has 0 aromatic heterocycles. The number of morpholine rings is 1. The summed E-state index contributed by atoms with van der Waals surface area (Å²) in [6.45, 7) is 5.81. The molecule has 23 heavy (non-hydrogen) atoms. The molecule has 2 saturated heterocycles. The fraction of sp³-hybridized carbons (Fsp3) is 0.529. The molecule has 0 spiro atoms. The van der Waals surface area contributed by atoms with Crippen molar-refractivity contribution in [1.82, 2.24) is 4.90 Å². The first-order chi connectivity index (χ1) is 11.0. The fourth-order valence-corrected chi connectivity index (χ4v) is 3.20. The van der Waals surface area contributed by atoms with Crippen molar-refractivity contribution in [1.29, 1.82) is 0 Å². The number of benzene rings is 1. The molecule has 2 aliphatic heterocycles. The number of amides is 1. The van der Waals surface area contributed by atoms with Crippen LogP contribution < -0.4 is 4.90 Å². The van der Waals surface area contributed by atoms with Gasteiger partial charge in [-0.25, -0.2) is 0 Å². The molecule has 2 aliphatic rings. The number of carboxylic acids is 1. The smallest absolute Gasteiger partial charge is 0.308 e. The van der Waals surface area contributed by atoms with Gasteiger partial charge in [0, 0.05) is 38.3 Å². The summed E-state index contributed by atoms with van der Waals surface area (Å²) in [5, 5.41) is 9.05. The maximum absolute atomic E-state index is 12.0. The van der Waals surface area contributed by atoms with E-state index in [1.54, 1.807) is 4.90 Å². The molecular formula is C17H22N2O4. The highest BCUT2D eigenvalue weighted by Crippen LogP contribution is 2.25. The summed E-state index contributed by atoms with van der Waals surface area (Å²) in [5.41, 5.74) is 1.96. The topological polar surface area (TPSA) is 70.1 Å². The van der Waals surface area contributed by atoms with E-state index >= 15 is 0 Å². The first kappa shape index (κ1) is 16.0. The molecule has 0 saturated carbocycles. The lowest BCUT2D eigenvalue weighted by Crippen LogP contribution is -2.40. The minimum atomic E-state index is -0.904. The van der Waals surface area contributed by atoms with Crippen molar-refractivity contribution in [3.05, 3.63) is 29.8 Å². The van der Waals surface area contributed by atoms with Crippen molar-refractivity contribution in [3.8, 4) is 0 Å². The van der Waals surface area contributed by atoms with Gasteiger partial charge in [0.25, 0.3) is 0 Å². The standard InChI is InChI=1S/C17H22N2O4/c1-12-9-18(6-7-23-12)10-13-2-4-15(5-3-13)19-11-14(17(21)22)8-16(19)20/h2-5,12,14H,6-11H2,1H3,(H,21,22)/t12-,14?/m0/s1. The molecule has 124 valence electrons. The van der Waals surface area contributed by atoms with E-state index in [4.69, 9.17) is 9.84 Å². The monoisotopic (exact) mass is 318 g/mol. The second-order valence-electron chi connectivity index (χ2n) is 6.33. The molecule has 1 unspecified atom stereocenters. The second kappa shape index (κ2) is 6.68. The number of anilines is 1. The Bertz CT molecular complexity index is 587. The molecule has 0 aliphatic carbocycles. The van der Waals surface area contributed by atoms with E-state index in [2.05, 4.69) is 11.8 Å². The minimum Gasteiger partial charge on any atom is -0.481 e. The van der Waals surface area contributed by atoms with Gasteiger partial charge >= 0.3 is 5.97 Å². The lowest BCUT2D eigenvalue weighted by atomic mass is 10.1. The third-order valence-corrected chi connectivity index (χ3v) is 4.45. The maximum atomic E-state index is 12.0. The van der Waals surface area contributed by atoms with Crippen LogP contribution in [0.1, 0.15) is 18.9 Å². The molecule has 1 N–H and O–H groups in total. The third kappa shape index (κ3) is 3.71. The van der Waals surface area contributed by atoms with Gasteiger partial charge < -0.3 is 14.7 Å². The van der Waals surface area contributed by atoms with Gasteiger partial charge in [0.05, 0.1) is 18.6 Å². The Kier molecular flexibility index (Phi) is 4.63. The van der Waals surface area contributed by atoms with Crippen LogP contribution in [0.5, 0.6) is 0 Å². The summed E-state index contributed by atoms with van der Waals surface area (Å²) in [6.07, 6.45) is 0.348.